The summed E-state index contributed by atoms with van der Waals surface area (Å²) in [6.45, 7) is 0. The van der Waals surface area contributed by atoms with Gasteiger partial charge in [-0.05, 0) is 55.0 Å². The molecular formula is C21H13F2N. The third kappa shape index (κ3) is 4.01. The number of halogens is 2. The van der Waals surface area contributed by atoms with Crippen molar-refractivity contribution in [1.82, 2.24) is 0 Å². The van der Waals surface area contributed by atoms with E-state index < -0.39 is 11.6 Å². The fraction of sp³-hybridized carbons (Fsp3) is 0.190. The number of benzene rings is 2. The Balaban J connectivity index is 1.81. The smallest absolute Gasteiger partial charge is 0.152 e. The quantitative estimate of drug-likeness (QED) is 0.762. The van der Waals surface area contributed by atoms with Crippen molar-refractivity contribution in [2.45, 2.75) is 19.3 Å². The average Bonchev–Trinajstić information content (AvgIpc) is 3.37. The van der Waals surface area contributed by atoms with Gasteiger partial charge in [-0.25, -0.2) is 8.78 Å². The monoisotopic (exact) mass is 317 g/mol. The van der Waals surface area contributed by atoms with Gasteiger partial charge in [-0.15, -0.1) is 0 Å². The largest absolute Gasteiger partial charge is 0.205 e. The van der Waals surface area contributed by atoms with Gasteiger partial charge < -0.3 is 0 Å². The van der Waals surface area contributed by atoms with Crippen LogP contribution in [0.15, 0.2) is 36.4 Å². The highest BCUT2D eigenvalue weighted by molar-refractivity contribution is 5.48. The van der Waals surface area contributed by atoms with Gasteiger partial charge in [0.2, 0.25) is 0 Å². The molecule has 0 N–H and O–H groups in total. The number of hydrogen-bond donors (Lipinski definition) is 0. The van der Waals surface area contributed by atoms with Crippen molar-refractivity contribution in [2.75, 3.05) is 0 Å². The second-order valence-electron chi connectivity index (χ2n) is 5.77. The summed E-state index contributed by atoms with van der Waals surface area (Å²) in [6, 6.07) is 11.5. The molecule has 0 aliphatic heterocycles. The second-order valence-corrected chi connectivity index (χ2v) is 5.77. The van der Waals surface area contributed by atoms with Crippen LogP contribution in [0.3, 0.4) is 0 Å². The molecule has 0 saturated heterocycles. The van der Waals surface area contributed by atoms with Crippen LogP contribution in [0.4, 0.5) is 8.78 Å². The van der Waals surface area contributed by atoms with Crippen molar-refractivity contribution >= 4 is 0 Å². The summed E-state index contributed by atoms with van der Waals surface area (Å²) in [6.07, 6.45) is 3.69. The number of nitrogens with zero attached hydrogens (tertiary/aromatic N) is 1. The van der Waals surface area contributed by atoms with Gasteiger partial charge in [0, 0.05) is 17.0 Å². The Bertz CT molecular complexity index is 901. The molecule has 1 fully saturated rings. The zero-order chi connectivity index (χ0) is 16.9. The van der Waals surface area contributed by atoms with E-state index in [0.29, 0.717) is 5.56 Å². The summed E-state index contributed by atoms with van der Waals surface area (Å²) >= 11 is 0. The first kappa shape index (κ1) is 15.8. The van der Waals surface area contributed by atoms with Crippen LogP contribution < -0.4 is 0 Å². The molecule has 1 aliphatic rings. The molecule has 1 aliphatic carbocycles. The van der Waals surface area contributed by atoms with Gasteiger partial charge in [-0.1, -0.05) is 29.9 Å². The Kier molecular flexibility index (Phi) is 4.60. The molecule has 3 heteroatoms. The van der Waals surface area contributed by atoms with Gasteiger partial charge in [-0.3, -0.25) is 0 Å². The summed E-state index contributed by atoms with van der Waals surface area (Å²) in [4.78, 5) is 0. The highest BCUT2D eigenvalue weighted by Crippen LogP contribution is 2.32. The van der Waals surface area contributed by atoms with E-state index >= 15 is 0 Å². The summed E-state index contributed by atoms with van der Waals surface area (Å²) in [5, 5.41) is 8.37. The minimum absolute atomic E-state index is 0.113. The van der Waals surface area contributed by atoms with Crippen molar-refractivity contribution in [3.63, 3.8) is 0 Å². The van der Waals surface area contributed by atoms with Crippen molar-refractivity contribution in [3.05, 3.63) is 70.3 Å². The third-order valence-corrected chi connectivity index (χ3v) is 3.81. The van der Waals surface area contributed by atoms with Gasteiger partial charge in [0.25, 0.3) is 0 Å². The van der Waals surface area contributed by atoms with Gasteiger partial charge in [0.05, 0.1) is 5.56 Å². The molecule has 2 aromatic carbocycles. The molecule has 3 rings (SSSR count). The fourth-order valence-corrected chi connectivity index (χ4v) is 2.38. The first-order valence-electron chi connectivity index (χ1n) is 7.66. The lowest BCUT2D eigenvalue weighted by molar-refractivity contribution is 0.577. The Morgan fingerprint density at radius 2 is 1.58 bits per heavy atom. The van der Waals surface area contributed by atoms with E-state index in [1.807, 2.05) is 24.3 Å². The van der Waals surface area contributed by atoms with Crippen LogP contribution in [0.25, 0.3) is 0 Å². The van der Waals surface area contributed by atoms with Crippen LogP contribution in [0.2, 0.25) is 0 Å². The number of hydrogen-bond acceptors (Lipinski definition) is 1. The van der Waals surface area contributed by atoms with Crippen LogP contribution >= 0.6 is 0 Å². The minimum atomic E-state index is -0.782. The van der Waals surface area contributed by atoms with E-state index in [1.165, 1.54) is 18.4 Å². The highest BCUT2D eigenvalue weighted by Gasteiger charge is 2.21. The molecule has 0 amide bonds. The van der Waals surface area contributed by atoms with Gasteiger partial charge in [0.1, 0.15) is 11.6 Å². The topological polar surface area (TPSA) is 23.8 Å². The molecule has 2 aromatic rings. The van der Waals surface area contributed by atoms with Crippen LogP contribution in [0.1, 0.15) is 35.1 Å². The van der Waals surface area contributed by atoms with Crippen LogP contribution in [0.5, 0.6) is 0 Å². The Morgan fingerprint density at radius 1 is 0.917 bits per heavy atom. The Hall–Kier alpha value is -3.09. The van der Waals surface area contributed by atoms with Crippen LogP contribution in [-0.2, 0) is 6.42 Å². The normalized spacial score (nSPS) is 12.4. The first-order chi connectivity index (χ1) is 11.7. The van der Waals surface area contributed by atoms with Crippen molar-refractivity contribution < 1.29 is 8.78 Å². The maximum atomic E-state index is 14.0. The molecule has 24 heavy (non-hydrogen) atoms. The SMILES string of the molecule is N#CC#Cc1cc(F)c(C#Cc2ccc(CC3CC3)cc2)c(F)c1. The molecule has 0 unspecified atom stereocenters. The predicted octanol–water partition coefficient (Wildman–Crippen LogP) is 4.19. The van der Waals surface area contributed by atoms with Crippen molar-refractivity contribution in [3.8, 4) is 29.8 Å². The summed E-state index contributed by atoms with van der Waals surface area (Å²) in [5.41, 5.74) is 1.80. The lowest BCUT2D eigenvalue weighted by Gasteiger charge is -2.00. The molecule has 0 bridgehead atoms. The van der Waals surface area contributed by atoms with E-state index in [2.05, 4.69) is 23.7 Å². The lowest BCUT2D eigenvalue weighted by Crippen LogP contribution is -1.92. The number of rotatable bonds is 2. The molecule has 0 aromatic heterocycles. The van der Waals surface area contributed by atoms with E-state index in [9.17, 15) is 8.78 Å². The molecule has 0 atom stereocenters. The van der Waals surface area contributed by atoms with Gasteiger partial charge >= 0.3 is 0 Å². The second kappa shape index (κ2) is 6.99. The zero-order valence-corrected chi connectivity index (χ0v) is 12.9. The standard InChI is InChI=1S/C21H13F2N/c22-20-13-18(2-1-11-24)14-21(23)19(20)10-9-15-3-5-16(6-4-15)12-17-7-8-17/h3-6,13-14,17H,7-8,12H2. The van der Waals surface area contributed by atoms with Crippen molar-refractivity contribution in [1.29, 1.82) is 5.26 Å². The Labute approximate surface area is 139 Å². The molecule has 1 nitrogen and oxygen atoms in total. The maximum Gasteiger partial charge on any atom is 0.152 e. The molecule has 0 spiro atoms. The summed E-state index contributed by atoms with van der Waals surface area (Å²) in [7, 11) is 0. The van der Waals surface area contributed by atoms with E-state index in [-0.39, 0.29) is 11.1 Å². The average molecular weight is 317 g/mol. The molecule has 1 saturated carbocycles. The molecular weight excluding hydrogens is 304 g/mol. The third-order valence-electron chi connectivity index (χ3n) is 3.81. The van der Waals surface area contributed by atoms with Crippen LogP contribution in [-0.4, -0.2) is 0 Å². The molecule has 116 valence electrons. The van der Waals surface area contributed by atoms with E-state index in [0.717, 1.165) is 24.5 Å². The molecule has 0 heterocycles. The van der Waals surface area contributed by atoms with E-state index in [4.69, 9.17) is 5.26 Å². The van der Waals surface area contributed by atoms with Crippen LogP contribution in [0, 0.1) is 52.6 Å². The first-order valence-corrected chi connectivity index (χ1v) is 7.66. The summed E-state index contributed by atoms with van der Waals surface area (Å²) < 4.78 is 27.9. The zero-order valence-electron chi connectivity index (χ0n) is 12.9. The fourth-order valence-electron chi connectivity index (χ4n) is 2.38. The van der Waals surface area contributed by atoms with E-state index in [1.54, 1.807) is 6.07 Å². The Morgan fingerprint density at radius 3 is 2.17 bits per heavy atom. The lowest BCUT2D eigenvalue weighted by atomic mass is 10.1. The summed E-state index contributed by atoms with van der Waals surface area (Å²) in [5.74, 6) is 9.04. The predicted molar refractivity (Wildman–Crippen MR) is 87.7 cm³/mol. The minimum Gasteiger partial charge on any atom is -0.205 e. The number of nitriles is 1. The van der Waals surface area contributed by atoms with Gasteiger partial charge in [0.15, 0.2) is 6.07 Å². The highest BCUT2D eigenvalue weighted by atomic mass is 19.1. The maximum absolute atomic E-state index is 14.0. The van der Waals surface area contributed by atoms with Gasteiger partial charge in [-0.2, -0.15) is 5.26 Å². The van der Waals surface area contributed by atoms with Crippen molar-refractivity contribution in [2.24, 2.45) is 5.92 Å². The molecule has 0 radical (unpaired) electrons.